The lowest BCUT2D eigenvalue weighted by atomic mass is 10.1. The Balaban J connectivity index is 2.92. The van der Waals surface area contributed by atoms with Gasteiger partial charge in [0.25, 0.3) is 0 Å². The molecule has 2 aromatic rings. The van der Waals surface area contributed by atoms with Crippen molar-refractivity contribution in [1.82, 2.24) is 4.98 Å². The van der Waals surface area contributed by atoms with Crippen LogP contribution in [0.5, 0.6) is 0 Å². The minimum atomic E-state index is -4.70. The summed E-state index contributed by atoms with van der Waals surface area (Å²) in [6, 6.07) is 2.81. The number of hydrogen-bond acceptors (Lipinski definition) is 1. The predicted molar refractivity (Wildman–Crippen MR) is 54.3 cm³/mol. The van der Waals surface area contributed by atoms with Crippen LogP contribution in [0.25, 0.3) is 10.9 Å². The van der Waals surface area contributed by atoms with Gasteiger partial charge in [-0.15, -0.1) is 0 Å². The largest absolute Gasteiger partial charge is 0.431 e. The Morgan fingerprint density at radius 1 is 1.24 bits per heavy atom. The highest BCUT2D eigenvalue weighted by atomic mass is 19.4. The van der Waals surface area contributed by atoms with Crippen LogP contribution in [0.1, 0.15) is 11.3 Å². The fourth-order valence-electron chi connectivity index (χ4n) is 1.65. The molecule has 1 heterocycles. The SMILES string of the molecule is Cc1ccc(F)c2[nH]c(C(F)(F)F)cc(=O)c12. The van der Waals surface area contributed by atoms with Crippen LogP contribution in [-0.4, -0.2) is 4.98 Å². The number of hydrogen-bond donors (Lipinski definition) is 1. The van der Waals surface area contributed by atoms with E-state index in [2.05, 4.69) is 0 Å². The number of aromatic nitrogens is 1. The Bertz CT molecular complexity index is 642. The monoisotopic (exact) mass is 245 g/mol. The summed E-state index contributed by atoms with van der Waals surface area (Å²) in [5.74, 6) is -0.881. The van der Waals surface area contributed by atoms with Crippen LogP contribution < -0.4 is 5.43 Å². The summed E-state index contributed by atoms with van der Waals surface area (Å²) in [5.41, 5.74) is -2.08. The van der Waals surface area contributed by atoms with E-state index in [1.54, 1.807) is 0 Å². The van der Waals surface area contributed by atoms with Crippen LogP contribution in [-0.2, 0) is 6.18 Å². The van der Waals surface area contributed by atoms with Crippen LogP contribution in [0.15, 0.2) is 23.0 Å². The van der Waals surface area contributed by atoms with Crippen LogP contribution in [0.2, 0.25) is 0 Å². The molecule has 2 rings (SSSR count). The van der Waals surface area contributed by atoms with Gasteiger partial charge in [0.1, 0.15) is 11.5 Å². The Labute approximate surface area is 92.9 Å². The topological polar surface area (TPSA) is 32.9 Å². The van der Waals surface area contributed by atoms with Crippen LogP contribution >= 0.6 is 0 Å². The maximum absolute atomic E-state index is 13.4. The number of aromatic amines is 1. The van der Waals surface area contributed by atoms with Gasteiger partial charge in [0.15, 0.2) is 5.43 Å². The molecule has 0 spiro atoms. The maximum atomic E-state index is 13.4. The van der Waals surface area contributed by atoms with Gasteiger partial charge in [-0.25, -0.2) is 4.39 Å². The van der Waals surface area contributed by atoms with E-state index < -0.39 is 28.6 Å². The molecule has 0 amide bonds. The molecule has 0 bridgehead atoms. The highest BCUT2D eigenvalue weighted by molar-refractivity contribution is 5.82. The van der Waals surface area contributed by atoms with Gasteiger partial charge in [-0.3, -0.25) is 4.79 Å². The van der Waals surface area contributed by atoms with Crippen molar-refractivity contribution in [3.63, 3.8) is 0 Å². The first-order valence-electron chi connectivity index (χ1n) is 4.70. The number of rotatable bonds is 0. The maximum Gasteiger partial charge on any atom is 0.431 e. The van der Waals surface area contributed by atoms with Gasteiger partial charge < -0.3 is 4.98 Å². The molecule has 1 aromatic heterocycles. The van der Waals surface area contributed by atoms with Crippen molar-refractivity contribution < 1.29 is 17.6 Å². The van der Waals surface area contributed by atoms with Crippen LogP contribution in [0.4, 0.5) is 17.6 Å². The van der Waals surface area contributed by atoms with Crippen LogP contribution in [0, 0.1) is 12.7 Å². The number of aryl methyl sites for hydroxylation is 1. The molecule has 0 radical (unpaired) electrons. The molecule has 0 aliphatic rings. The van der Waals surface area contributed by atoms with E-state index in [0.717, 1.165) is 6.07 Å². The highest BCUT2D eigenvalue weighted by Gasteiger charge is 2.32. The summed E-state index contributed by atoms with van der Waals surface area (Å²) in [5, 5.41) is -0.0574. The van der Waals surface area contributed by atoms with Crippen LogP contribution in [0.3, 0.4) is 0 Å². The number of alkyl halides is 3. The predicted octanol–water partition coefficient (Wildman–Crippen LogP) is 2.99. The minimum Gasteiger partial charge on any atom is -0.348 e. The summed E-state index contributed by atoms with van der Waals surface area (Å²) in [6.45, 7) is 1.53. The van der Waals surface area contributed by atoms with Crippen molar-refractivity contribution in [2.45, 2.75) is 13.1 Å². The molecular weight excluding hydrogens is 238 g/mol. The first kappa shape index (κ1) is 11.6. The summed E-state index contributed by atoms with van der Waals surface area (Å²) in [4.78, 5) is 13.4. The van der Waals surface area contributed by atoms with Gasteiger partial charge in [-0.1, -0.05) is 6.07 Å². The summed E-state index contributed by atoms with van der Waals surface area (Å²) in [7, 11) is 0. The summed E-state index contributed by atoms with van der Waals surface area (Å²) >= 11 is 0. The highest BCUT2D eigenvalue weighted by Crippen LogP contribution is 2.28. The van der Waals surface area contributed by atoms with E-state index in [4.69, 9.17) is 0 Å². The number of halogens is 4. The fourth-order valence-corrected chi connectivity index (χ4v) is 1.65. The average molecular weight is 245 g/mol. The fraction of sp³-hybridized carbons (Fsp3) is 0.182. The number of benzene rings is 1. The number of H-pyrrole nitrogens is 1. The van der Waals surface area contributed by atoms with E-state index in [1.807, 2.05) is 4.98 Å². The lowest BCUT2D eigenvalue weighted by Gasteiger charge is -2.09. The van der Waals surface area contributed by atoms with Gasteiger partial charge >= 0.3 is 6.18 Å². The van der Waals surface area contributed by atoms with Gasteiger partial charge in [0, 0.05) is 6.07 Å². The first-order chi connectivity index (χ1) is 7.80. The van der Waals surface area contributed by atoms with Gasteiger partial charge in [-0.2, -0.15) is 13.2 Å². The quantitative estimate of drug-likeness (QED) is 0.711. The molecule has 1 aromatic carbocycles. The van der Waals surface area contributed by atoms with Gasteiger partial charge in [-0.05, 0) is 18.6 Å². The molecule has 0 unspecified atom stereocenters. The molecule has 0 aliphatic heterocycles. The zero-order chi connectivity index (χ0) is 12.8. The zero-order valence-electron chi connectivity index (χ0n) is 8.65. The third kappa shape index (κ3) is 1.90. The van der Waals surface area contributed by atoms with Crippen molar-refractivity contribution in [1.29, 1.82) is 0 Å². The van der Waals surface area contributed by atoms with Crippen molar-refractivity contribution >= 4 is 10.9 Å². The number of nitrogens with one attached hydrogen (secondary N) is 1. The normalized spacial score (nSPS) is 12.1. The van der Waals surface area contributed by atoms with E-state index in [-0.39, 0.29) is 5.39 Å². The van der Waals surface area contributed by atoms with Gasteiger partial charge in [0.05, 0.1) is 10.9 Å². The minimum absolute atomic E-state index is 0.0574. The number of fused-ring (bicyclic) bond motifs is 1. The Morgan fingerprint density at radius 3 is 2.47 bits per heavy atom. The second kappa shape index (κ2) is 3.58. The third-order valence-corrected chi connectivity index (χ3v) is 2.45. The molecule has 0 atom stereocenters. The molecule has 0 fully saturated rings. The average Bonchev–Trinajstić information content (AvgIpc) is 2.21. The lowest BCUT2D eigenvalue weighted by Crippen LogP contribution is -2.15. The summed E-state index contributed by atoms with van der Waals surface area (Å²) < 4.78 is 50.7. The molecule has 2 nitrogen and oxygen atoms in total. The molecule has 90 valence electrons. The number of pyridine rings is 1. The van der Waals surface area contributed by atoms with E-state index in [1.165, 1.54) is 13.0 Å². The van der Waals surface area contributed by atoms with E-state index >= 15 is 0 Å². The Kier molecular flexibility index (Phi) is 2.45. The molecule has 1 N–H and O–H groups in total. The molecular formula is C11H7F4NO. The van der Waals surface area contributed by atoms with Crippen molar-refractivity contribution in [3.05, 3.63) is 45.5 Å². The zero-order valence-corrected chi connectivity index (χ0v) is 8.65. The second-order valence-corrected chi connectivity index (χ2v) is 3.66. The first-order valence-corrected chi connectivity index (χ1v) is 4.70. The molecule has 0 saturated carbocycles. The molecule has 0 saturated heterocycles. The second-order valence-electron chi connectivity index (χ2n) is 3.66. The Morgan fingerprint density at radius 2 is 1.88 bits per heavy atom. The van der Waals surface area contributed by atoms with Gasteiger partial charge in [0.2, 0.25) is 0 Å². The third-order valence-electron chi connectivity index (χ3n) is 2.45. The molecule has 0 aliphatic carbocycles. The van der Waals surface area contributed by atoms with Crippen molar-refractivity contribution in [2.75, 3.05) is 0 Å². The van der Waals surface area contributed by atoms with E-state index in [9.17, 15) is 22.4 Å². The van der Waals surface area contributed by atoms with E-state index in [0.29, 0.717) is 11.6 Å². The van der Waals surface area contributed by atoms with Crippen molar-refractivity contribution in [2.24, 2.45) is 0 Å². The lowest BCUT2D eigenvalue weighted by molar-refractivity contribution is -0.141. The Hall–Kier alpha value is -1.85. The molecule has 6 heteroatoms. The molecule has 17 heavy (non-hydrogen) atoms. The standard InChI is InChI=1S/C11H7F4NO/c1-5-2-3-6(12)10-9(5)7(17)4-8(16-10)11(13,14)15/h2-4H,1H3,(H,16,17). The van der Waals surface area contributed by atoms with Crippen molar-refractivity contribution in [3.8, 4) is 0 Å². The smallest absolute Gasteiger partial charge is 0.348 e. The summed E-state index contributed by atoms with van der Waals surface area (Å²) in [6.07, 6.45) is -4.70.